The van der Waals surface area contributed by atoms with E-state index in [2.05, 4.69) is 0 Å². The van der Waals surface area contributed by atoms with E-state index in [0.717, 1.165) is 7.05 Å². The molecule has 0 aromatic heterocycles. The lowest BCUT2D eigenvalue weighted by atomic mass is 10.3. The van der Waals surface area contributed by atoms with E-state index in [-0.39, 0.29) is 5.12 Å². The van der Waals surface area contributed by atoms with Crippen molar-refractivity contribution >= 4 is 5.71 Å². The number of halogens is 4. The Hall–Kier alpha value is -1.07. The Balaban J connectivity index is 4.09. The lowest BCUT2D eigenvalue weighted by Gasteiger charge is -2.03. The Bertz CT molecular complexity index is 170. The highest BCUT2D eigenvalue weighted by molar-refractivity contribution is 5.96. The Morgan fingerprint density at radius 2 is 1.91 bits per heavy atom. The summed E-state index contributed by atoms with van der Waals surface area (Å²) in [6, 6.07) is 0. The molecule has 64 valence electrons. The predicted molar refractivity (Wildman–Crippen MR) is 31.8 cm³/mol. The summed E-state index contributed by atoms with van der Waals surface area (Å²) >= 11 is 0. The average Bonchev–Trinajstić information content (AvgIpc) is 1.80. The van der Waals surface area contributed by atoms with Crippen molar-refractivity contribution in [2.75, 3.05) is 7.05 Å². The monoisotopic (exact) mass is 170 g/mol. The van der Waals surface area contributed by atoms with Crippen molar-refractivity contribution in [1.29, 1.82) is 5.41 Å². The summed E-state index contributed by atoms with van der Waals surface area (Å²) in [5.74, 6) is 0. The summed E-state index contributed by atoms with van der Waals surface area (Å²) in [4.78, 5) is 0. The molecule has 0 aliphatic heterocycles. The first-order valence-electron chi connectivity index (χ1n) is 2.56. The van der Waals surface area contributed by atoms with Crippen molar-refractivity contribution < 1.29 is 17.7 Å². The first kappa shape index (κ1) is 9.93. The van der Waals surface area contributed by atoms with Crippen LogP contribution in [0.1, 0.15) is 0 Å². The van der Waals surface area contributed by atoms with Crippen LogP contribution < -0.4 is 0 Å². The third-order valence-corrected chi connectivity index (χ3v) is 0.752. The van der Waals surface area contributed by atoms with Crippen LogP contribution in [0.3, 0.4) is 0 Å². The molecular weight excluding hydrogens is 164 g/mol. The highest BCUT2D eigenvalue weighted by atomic mass is 19.4. The van der Waals surface area contributed by atoms with Crippen molar-refractivity contribution in [3.63, 3.8) is 0 Å². The minimum Gasteiger partial charge on any atom is -0.296 e. The van der Waals surface area contributed by atoms with Crippen molar-refractivity contribution in [3.05, 3.63) is 12.3 Å². The lowest BCUT2D eigenvalue weighted by molar-refractivity contribution is -0.0584. The van der Waals surface area contributed by atoms with Gasteiger partial charge in [0.1, 0.15) is 5.71 Å². The maximum atomic E-state index is 11.7. The summed E-state index contributed by atoms with van der Waals surface area (Å²) in [6.07, 6.45) is -3.86. The van der Waals surface area contributed by atoms with E-state index >= 15 is 0 Å². The average molecular weight is 170 g/mol. The molecule has 0 spiro atoms. The van der Waals surface area contributed by atoms with Crippen LogP contribution in [0.25, 0.3) is 0 Å². The number of hydrogen-bond donors (Lipinski definition) is 1. The minimum absolute atomic E-state index is 0.0692. The number of alkyl halides is 3. The van der Waals surface area contributed by atoms with Crippen molar-refractivity contribution in [1.82, 2.24) is 5.12 Å². The molecule has 0 bridgehead atoms. The Morgan fingerprint density at radius 1 is 1.45 bits per heavy atom. The second kappa shape index (κ2) is 3.36. The Morgan fingerprint density at radius 3 is 2.18 bits per heavy atom. The molecule has 0 rings (SSSR count). The van der Waals surface area contributed by atoms with Crippen LogP contribution in [-0.4, -0.2) is 24.1 Å². The Kier molecular flexibility index (Phi) is 3.03. The van der Waals surface area contributed by atoms with Gasteiger partial charge < -0.3 is 0 Å². The zero-order valence-corrected chi connectivity index (χ0v) is 5.61. The molecule has 0 saturated heterocycles. The third kappa shape index (κ3) is 4.35. The molecule has 2 nitrogen and oxygen atoms in total. The van der Waals surface area contributed by atoms with E-state index in [1.807, 2.05) is 0 Å². The van der Waals surface area contributed by atoms with Gasteiger partial charge in [-0.2, -0.15) is 13.2 Å². The van der Waals surface area contributed by atoms with Crippen LogP contribution in [0.5, 0.6) is 0 Å². The van der Waals surface area contributed by atoms with E-state index in [1.54, 1.807) is 0 Å². The summed E-state index contributed by atoms with van der Waals surface area (Å²) in [5, 5.41) is 6.26. The van der Waals surface area contributed by atoms with Gasteiger partial charge in [-0.25, -0.2) is 5.12 Å². The standard InChI is InChI=1S/C5H6F4N2/c1-11(9)3-2-4(10)5(6,7)8/h2-3,10H,1H3/b3-2-,10-4?. The van der Waals surface area contributed by atoms with Crippen molar-refractivity contribution in [2.45, 2.75) is 6.18 Å². The number of hydrogen-bond acceptors (Lipinski definition) is 2. The summed E-state index contributed by atoms with van der Waals surface area (Å²) < 4.78 is 46.2. The van der Waals surface area contributed by atoms with E-state index in [4.69, 9.17) is 5.41 Å². The summed E-state index contributed by atoms with van der Waals surface area (Å²) in [6.45, 7) is 0. The van der Waals surface area contributed by atoms with Gasteiger partial charge in [0.15, 0.2) is 0 Å². The highest BCUT2D eigenvalue weighted by Gasteiger charge is 2.32. The van der Waals surface area contributed by atoms with Gasteiger partial charge in [-0.15, -0.1) is 4.48 Å². The van der Waals surface area contributed by atoms with Gasteiger partial charge in [0.05, 0.1) is 0 Å². The fourth-order valence-corrected chi connectivity index (χ4v) is 0.272. The van der Waals surface area contributed by atoms with Crippen LogP contribution in [-0.2, 0) is 0 Å². The number of rotatable bonds is 2. The first-order valence-corrected chi connectivity index (χ1v) is 2.56. The molecule has 0 unspecified atom stereocenters. The smallest absolute Gasteiger partial charge is 0.296 e. The molecule has 0 heterocycles. The van der Waals surface area contributed by atoms with Gasteiger partial charge in [-0.3, -0.25) is 5.41 Å². The molecule has 11 heavy (non-hydrogen) atoms. The SMILES string of the molecule is CN(F)/C=C\C(=N)C(F)(F)F. The summed E-state index contributed by atoms with van der Waals surface area (Å²) in [7, 11) is 0.917. The van der Waals surface area contributed by atoms with Gasteiger partial charge in [-0.05, 0) is 6.08 Å². The molecule has 0 fully saturated rings. The zero-order valence-electron chi connectivity index (χ0n) is 5.61. The van der Waals surface area contributed by atoms with Crippen molar-refractivity contribution in [2.24, 2.45) is 0 Å². The van der Waals surface area contributed by atoms with Crippen LogP contribution in [0, 0.1) is 5.41 Å². The normalized spacial score (nSPS) is 12.1. The fraction of sp³-hybridized carbons (Fsp3) is 0.400. The molecule has 0 aliphatic carbocycles. The molecule has 0 aliphatic rings. The van der Waals surface area contributed by atoms with E-state index in [1.165, 1.54) is 0 Å². The molecule has 0 aromatic rings. The predicted octanol–water partition coefficient (Wildman–Crippen LogP) is 1.90. The molecule has 0 radical (unpaired) electrons. The molecule has 0 aromatic carbocycles. The third-order valence-electron chi connectivity index (χ3n) is 0.752. The first-order chi connectivity index (χ1) is 4.84. The van der Waals surface area contributed by atoms with Crippen LogP contribution in [0.15, 0.2) is 12.3 Å². The van der Waals surface area contributed by atoms with Gasteiger partial charge in [0.25, 0.3) is 0 Å². The number of nitrogens with zero attached hydrogens (tertiary/aromatic N) is 1. The molecule has 0 saturated carbocycles. The van der Waals surface area contributed by atoms with E-state index in [0.29, 0.717) is 12.3 Å². The maximum absolute atomic E-state index is 11.7. The number of nitrogens with one attached hydrogen (secondary N) is 1. The molecule has 1 N–H and O–H groups in total. The van der Waals surface area contributed by atoms with Crippen LogP contribution >= 0.6 is 0 Å². The van der Waals surface area contributed by atoms with E-state index < -0.39 is 11.9 Å². The molecule has 6 heteroatoms. The topological polar surface area (TPSA) is 27.1 Å². The second-order valence-corrected chi connectivity index (χ2v) is 1.75. The molecular formula is C5H6F4N2. The van der Waals surface area contributed by atoms with E-state index in [9.17, 15) is 17.7 Å². The van der Waals surface area contributed by atoms with Crippen molar-refractivity contribution in [3.8, 4) is 0 Å². The second-order valence-electron chi connectivity index (χ2n) is 1.75. The van der Waals surface area contributed by atoms with Crippen LogP contribution in [0.2, 0.25) is 0 Å². The van der Waals surface area contributed by atoms with Gasteiger partial charge in [0.2, 0.25) is 0 Å². The number of allylic oxidation sites excluding steroid dienone is 1. The highest BCUT2D eigenvalue weighted by Crippen LogP contribution is 2.16. The largest absolute Gasteiger partial charge is 0.432 e. The Labute approximate surface area is 60.6 Å². The maximum Gasteiger partial charge on any atom is 0.432 e. The minimum atomic E-state index is -4.70. The van der Waals surface area contributed by atoms with Gasteiger partial charge in [-0.1, -0.05) is 0 Å². The van der Waals surface area contributed by atoms with Crippen LogP contribution in [0.4, 0.5) is 17.7 Å². The van der Waals surface area contributed by atoms with Gasteiger partial charge in [0, 0.05) is 13.2 Å². The molecule has 0 atom stereocenters. The fourth-order valence-electron chi connectivity index (χ4n) is 0.272. The quantitative estimate of drug-likeness (QED) is 0.382. The van der Waals surface area contributed by atoms with Gasteiger partial charge >= 0.3 is 6.18 Å². The molecule has 0 amide bonds. The lowest BCUT2D eigenvalue weighted by Crippen LogP contribution is -2.19. The summed E-state index contributed by atoms with van der Waals surface area (Å²) in [5.41, 5.74) is -1.58. The zero-order chi connectivity index (χ0) is 9.07.